The van der Waals surface area contributed by atoms with E-state index in [1.165, 1.54) is 42.5 Å². The molecule has 3 rings (SSSR count). The van der Waals surface area contributed by atoms with Gasteiger partial charge in [0.25, 0.3) is 15.9 Å². The predicted octanol–water partition coefficient (Wildman–Crippen LogP) is 5.77. The van der Waals surface area contributed by atoms with E-state index in [-0.39, 0.29) is 16.1 Å². The van der Waals surface area contributed by atoms with Crippen molar-refractivity contribution in [3.8, 4) is 0 Å². The molecule has 0 aliphatic rings. The van der Waals surface area contributed by atoms with Crippen LogP contribution in [0.4, 0.5) is 11.4 Å². The van der Waals surface area contributed by atoms with Gasteiger partial charge >= 0.3 is 0 Å². The number of carbonyl (C=O) groups excluding carboxylic acids is 1. The maximum absolute atomic E-state index is 12.8. The highest BCUT2D eigenvalue weighted by Gasteiger charge is 2.19. The molecule has 29 heavy (non-hydrogen) atoms. The molecule has 0 spiro atoms. The molecule has 0 unspecified atom stereocenters. The van der Waals surface area contributed by atoms with E-state index in [1.807, 2.05) is 18.4 Å². The standard InChI is InChI=1S/C20H16Cl2N2O3S2/c1-28-16-7-5-15(6-8-16)23-20(25)18-12-14(22)4-11-19(18)24-29(26,27)17-9-2-13(21)3-10-17/h2-12,24H,1H3,(H,23,25). The Hall–Kier alpha value is -2.19. The third kappa shape index (κ3) is 5.45. The number of halogens is 2. The van der Waals surface area contributed by atoms with Crippen LogP contribution in [0.1, 0.15) is 10.4 Å². The molecule has 0 radical (unpaired) electrons. The van der Waals surface area contributed by atoms with Crippen molar-refractivity contribution in [1.29, 1.82) is 0 Å². The minimum absolute atomic E-state index is 0.0239. The van der Waals surface area contributed by atoms with Gasteiger partial charge in [0.2, 0.25) is 0 Å². The normalized spacial score (nSPS) is 11.1. The van der Waals surface area contributed by atoms with Crippen LogP contribution in [-0.2, 0) is 10.0 Å². The van der Waals surface area contributed by atoms with Gasteiger partial charge in [0.05, 0.1) is 16.1 Å². The molecule has 150 valence electrons. The van der Waals surface area contributed by atoms with Gasteiger partial charge in [-0.15, -0.1) is 11.8 Å². The number of amides is 1. The Morgan fingerprint density at radius 2 is 1.52 bits per heavy atom. The van der Waals surface area contributed by atoms with Gasteiger partial charge in [-0.05, 0) is 73.0 Å². The van der Waals surface area contributed by atoms with Gasteiger partial charge in [-0.3, -0.25) is 9.52 Å². The highest BCUT2D eigenvalue weighted by atomic mass is 35.5. The SMILES string of the molecule is CSc1ccc(NC(=O)c2cc(Cl)ccc2NS(=O)(=O)c2ccc(Cl)cc2)cc1. The van der Waals surface area contributed by atoms with E-state index < -0.39 is 15.9 Å². The molecule has 1 amide bonds. The zero-order valence-electron chi connectivity index (χ0n) is 15.1. The molecule has 0 saturated carbocycles. The molecule has 2 N–H and O–H groups in total. The highest BCUT2D eigenvalue weighted by molar-refractivity contribution is 7.98. The van der Waals surface area contributed by atoms with Crippen LogP contribution in [0, 0.1) is 0 Å². The molecule has 9 heteroatoms. The maximum Gasteiger partial charge on any atom is 0.261 e. The number of anilines is 2. The quantitative estimate of drug-likeness (QED) is 0.452. The van der Waals surface area contributed by atoms with E-state index >= 15 is 0 Å². The van der Waals surface area contributed by atoms with Crippen molar-refractivity contribution in [1.82, 2.24) is 0 Å². The van der Waals surface area contributed by atoms with Crippen LogP contribution in [0.3, 0.4) is 0 Å². The van der Waals surface area contributed by atoms with Crippen LogP contribution in [-0.4, -0.2) is 20.6 Å². The Bertz CT molecular complexity index is 1130. The van der Waals surface area contributed by atoms with Crippen LogP contribution in [0.15, 0.2) is 76.5 Å². The summed E-state index contributed by atoms with van der Waals surface area (Å²) in [4.78, 5) is 13.9. The molecule has 0 heterocycles. The van der Waals surface area contributed by atoms with Gasteiger partial charge in [-0.2, -0.15) is 0 Å². The van der Waals surface area contributed by atoms with Crippen molar-refractivity contribution >= 4 is 62.3 Å². The monoisotopic (exact) mass is 466 g/mol. The molecule has 3 aromatic rings. The van der Waals surface area contributed by atoms with Crippen molar-refractivity contribution < 1.29 is 13.2 Å². The summed E-state index contributed by atoms with van der Waals surface area (Å²) in [6.07, 6.45) is 1.96. The first-order valence-electron chi connectivity index (χ1n) is 8.32. The van der Waals surface area contributed by atoms with Gasteiger partial charge in [0.15, 0.2) is 0 Å². The fourth-order valence-corrected chi connectivity index (χ4v) is 4.27. The van der Waals surface area contributed by atoms with E-state index in [2.05, 4.69) is 10.0 Å². The molecular weight excluding hydrogens is 451 g/mol. The summed E-state index contributed by atoms with van der Waals surface area (Å²) in [5.41, 5.74) is 0.797. The third-order valence-corrected chi connectivity index (χ3v) is 6.55. The fourth-order valence-electron chi connectivity index (χ4n) is 2.48. The number of hydrogen-bond acceptors (Lipinski definition) is 4. The molecule has 0 aliphatic carbocycles. The van der Waals surface area contributed by atoms with E-state index in [9.17, 15) is 13.2 Å². The smallest absolute Gasteiger partial charge is 0.261 e. The van der Waals surface area contributed by atoms with Crippen LogP contribution in [0.5, 0.6) is 0 Å². The molecule has 5 nitrogen and oxygen atoms in total. The lowest BCUT2D eigenvalue weighted by Gasteiger charge is -2.13. The summed E-state index contributed by atoms with van der Waals surface area (Å²) in [6, 6.07) is 17.4. The van der Waals surface area contributed by atoms with Crippen LogP contribution < -0.4 is 10.0 Å². The van der Waals surface area contributed by atoms with Gasteiger partial charge in [-0.1, -0.05) is 23.2 Å². The number of sulfonamides is 1. The topological polar surface area (TPSA) is 75.3 Å². The second kappa shape index (κ2) is 9.09. The number of rotatable bonds is 6. The van der Waals surface area contributed by atoms with Gasteiger partial charge in [-0.25, -0.2) is 8.42 Å². The van der Waals surface area contributed by atoms with E-state index in [4.69, 9.17) is 23.2 Å². The summed E-state index contributed by atoms with van der Waals surface area (Å²) in [7, 11) is -3.92. The molecule has 0 aliphatic heterocycles. The van der Waals surface area contributed by atoms with Crippen molar-refractivity contribution in [2.45, 2.75) is 9.79 Å². The minimum atomic E-state index is -3.92. The summed E-state index contributed by atoms with van der Waals surface area (Å²) in [5, 5.41) is 3.48. The number of thioether (sulfide) groups is 1. The van der Waals surface area contributed by atoms with Gasteiger partial charge < -0.3 is 5.32 Å². The lowest BCUT2D eigenvalue weighted by Crippen LogP contribution is -2.18. The van der Waals surface area contributed by atoms with Crippen LogP contribution in [0.25, 0.3) is 0 Å². The molecular formula is C20H16Cl2N2O3S2. The molecule has 0 aromatic heterocycles. The Morgan fingerprint density at radius 1 is 0.897 bits per heavy atom. The van der Waals surface area contributed by atoms with Crippen molar-refractivity contribution in [2.24, 2.45) is 0 Å². The van der Waals surface area contributed by atoms with Crippen LogP contribution in [0.2, 0.25) is 10.0 Å². The molecule has 0 bridgehead atoms. The lowest BCUT2D eigenvalue weighted by atomic mass is 10.1. The largest absolute Gasteiger partial charge is 0.322 e. The third-order valence-electron chi connectivity index (χ3n) is 3.94. The minimum Gasteiger partial charge on any atom is -0.322 e. The number of carbonyl (C=O) groups is 1. The van der Waals surface area contributed by atoms with E-state index in [0.717, 1.165) is 4.90 Å². The Balaban J connectivity index is 1.88. The molecule has 0 fully saturated rings. The Kier molecular flexibility index (Phi) is 6.74. The first-order valence-corrected chi connectivity index (χ1v) is 11.8. The van der Waals surface area contributed by atoms with Crippen molar-refractivity contribution in [3.05, 3.63) is 82.3 Å². The summed E-state index contributed by atoms with van der Waals surface area (Å²) < 4.78 is 27.8. The lowest BCUT2D eigenvalue weighted by molar-refractivity contribution is 0.102. The zero-order valence-corrected chi connectivity index (χ0v) is 18.3. The summed E-state index contributed by atoms with van der Waals surface area (Å²) in [5.74, 6) is -0.488. The summed E-state index contributed by atoms with van der Waals surface area (Å²) in [6.45, 7) is 0. The first-order chi connectivity index (χ1) is 13.8. The number of nitrogens with one attached hydrogen (secondary N) is 2. The number of hydrogen-bond donors (Lipinski definition) is 2. The summed E-state index contributed by atoms with van der Waals surface area (Å²) >= 11 is 13.4. The zero-order chi connectivity index (χ0) is 21.0. The second-order valence-electron chi connectivity index (χ2n) is 5.93. The molecule has 0 saturated heterocycles. The van der Waals surface area contributed by atoms with Gasteiger partial charge in [0.1, 0.15) is 0 Å². The molecule has 0 atom stereocenters. The first kappa shape index (κ1) is 21.5. The van der Waals surface area contributed by atoms with Gasteiger partial charge in [0, 0.05) is 20.6 Å². The fraction of sp³-hybridized carbons (Fsp3) is 0.0500. The Morgan fingerprint density at radius 3 is 2.14 bits per heavy atom. The predicted molar refractivity (Wildman–Crippen MR) is 120 cm³/mol. The second-order valence-corrected chi connectivity index (χ2v) is 9.37. The highest BCUT2D eigenvalue weighted by Crippen LogP contribution is 2.26. The van der Waals surface area contributed by atoms with E-state index in [1.54, 1.807) is 23.9 Å². The average molecular weight is 467 g/mol. The maximum atomic E-state index is 12.8. The van der Waals surface area contributed by atoms with Crippen molar-refractivity contribution in [2.75, 3.05) is 16.3 Å². The average Bonchev–Trinajstić information content (AvgIpc) is 2.70. The van der Waals surface area contributed by atoms with Crippen LogP contribution >= 0.6 is 35.0 Å². The molecule has 3 aromatic carbocycles. The Labute approximate surface area is 183 Å². The van der Waals surface area contributed by atoms with E-state index in [0.29, 0.717) is 15.7 Å². The van der Waals surface area contributed by atoms with Crippen molar-refractivity contribution in [3.63, 3.8) is 0 Å². The number of benzene rings is 3.